The lowest BCUT2D eigenvalue weighted by Crippen LogP contribution is -2.15. The Hall–Kier alpha value is -4.10. The number of hydrogen-bond donors (Lipinski definition) is 2. The Morgan fingerprint density at radius 2 is 1.87 bits per heavy atom. The molecule has 15 heteroatoms. The second-order valence-corrected chi connectivity index (χ2v) is 10.2. The summed E-state index contributed by atoms with van der Waals surface area (Å²) in [7, 11) is -3.93. The molecule has 0 amide bonds. The number of aromatic nitrogens is 4. The first kappa shape index (κ1) is 27.9. The van der Waals surface area contributed by atoms with Gasteiger partial charge in [-0.3, -0.25) is 18.9 Å². The molecule has 4 rings (SSSR count). The molecule has 2 aromatic heterocycles. The van der Waals surface area contributed by atoms with Crippen molar-refractivity contribution in [3.8, 4) is 5.75 Å². The molecule has 1 unspecified atom stereocenters. The molecule has 0 aliphatic heterocycles. The highest BCUT2D eigenvalue weighted by atomic mass is 31.2. The van der Waals surface area contributed by atoms with Crippen LogP contribution in [0.5, 0.6) is 5.75 Å². The number of fused-ring (bicyclic) bond motifs is 1. The highest BCUT2D eigenvalue weighted by molar-refractivity contribution is 7.53. The number of aromatic amines is 1. The number of imidazole rings is 1. The summed E-state index contributed by atoms with van der Waals surface area (Å²) in [5.41, 5.74) is 7.29. The number of carbonyl (C=O) groups is 1. The van der Waals surface area contributed by atoms with Crippen molar-refractivity contribution in [3.63, 3.8) is 0 Å². The topological polar surface area (TPSA) is 170 Å². The average Bonchev–Trinajstić information content (AvgIpc) is 3.31. The molecule has 4 aromatic rings. The number of aryl methyl sites for hydroxylation is 1. The molecule has 2 aromatic carbocycles. The van der Waals surface area contributed by atoms with Gasteiger partial charge in [-0.15, -0.1) is 0 Å². The van der Waals surface area contributed by atoms with Gasteiger partial charge >= 0.3 is 13.8 Å². The van der Waals surface area contributed by atoms with Crippen molar-refractivity contribution in [2.24, 2.45) is 0 Å². The normalized spacial score (nSPS) is 12.8. The Labute approximate surface area is 221 Å². The van der Waals surface area contributed by atoms with Gasteiger partial charge in [0.25, 0.3) is 5.56 Å². The predicted octanol–water partition coefficient (Wildman–Crippen LogP) is 3.72. The molecule has 3 N–H and O–H groups in total. The molecule has 0 spiro atoms. The van der Waals surface area contributed by atoms with Crippen molar-refractivity contribution in [1.82, 2.24) is 19.5 Å². The maximum absolute atomic E-state index is 13.4. The summed E-state index contributed by atoms with van der Waals surface area (Å²) in [6.45, 7) is 1.34. The van der Waals surface area contributed by atoms with E-state index >= 15 is 0 Å². The molecule has 39 heavy (non-hydrogen) atoms. The number of rotatable bonds is 12. The standard InChI is InChI=1S/C24H25FN5O8P/c1-16-2-4-17(5-3-16)12-36-39(33,37-14-35-24(32)38-19-8-6-18(25)7-9-19)15-34-11-10-30-13-27-20-21(30)28-23(26)29-22(20)31/h2-9,13H,10-12,14-15H2,1H3,(H3,26,28,29,31). The number of anilines is 1. The van der Waals surface area contributed by atoms with Crippen molar-refractivity contribution in [3.05, 3.63) is 82.2 Å². The van der Waals surface area contributed by atoms with E-state index in [1.54, 1.807) is 4.57 Å². The third-order valence-corrected chi connectivity index (χ3v) is 6.73. The summed E-state index contributed by atoms with van der Waals surface area (Å²) in [5, 5.41) is 0. The Morgan fingerprint density at radius 1 is 1.13 bits per heavy atom. The van der Waals surface area contributed by atoms with Gasteiger partial charge in [-0.05, 0) is 36.8 Å². The second-order valence-electron chi connectivity index (χ2n) is 8.17. The zero-order valence-electron chi connectivity index (χ0n) is 20.7. The minimum absolute atomic E-state index is 0.0224. The van der Waals surface area contributed by atoms with Crippen LogP contribution in [0.4, 0.5) is 15.1 Å². The van der Waals surface area contributed by atoms with Gasteiger partial charge in [-0.1, -0.05) is 29.8 Å². The molecular formula is C24H25FN5O8P. The summed E-state index contributed by atoms with van der Waals surface area (Å²) >= 11 is 0. The average molecular weight is 561 g/mol. The van der Waals surface area contributed by atoms with Gasteiger partial charge in [0.15, 0.2) is 11.2 Å². The first-order valence-electron chi connectivity index (χ1n) is 11.5. The monoisotopic (exact) mass is 561 g/mol. The van der Waals surface area contributed by atoms with E-state index in [0.29, 0.717) is 0 Å². The number of nitrogens with zero attached hydrogens (tertiary/aromatic N) is 3. The van der Waals surface area contributed by atoms with Crippen molar-refractivity contribution in [2.45, 2.75) is 20.1 Å². The fourth-order valence-corrected chi connectivity index (χ4v) is 4.36. The van der Waals surface area contributed by atoms with E-state index in [2.05, 4.69) is 15.0 Å². The largest absolute Gasteiger partial charge is 0.515 e. The van der Waals surface area contributed by atoms with Crippen molar-refractivity contribution in [2.75, 3.05) is 25.5 Å². The van der Waals surface area contributed by atoms with Crippen molar-refractivity contribution >= 4 is 30.9 Å². The van der Waals surface area contributed by atoms with E-state index in [1.807, 2.05) is 31.2 Å². The smallest absolute Gasteiger partial charge is 0.406 e. The molecule has 0 aliphatic rings. The summed E-state index contributed by atoms with van der Waals surface area (Å²) in [6, 6.07) is 12.1. The van der Waals surface area contributed by atoms with Crippen LogP contribution in [0.25, 0.3) is 11.2 Å². The third kappa shape index (κ3) is 7.94. The van der Waals surface area contributed by atoms with Crippen LogP contribution >= 0.6 is 7.60 Å². The molecule has 0 aliphatic carbocycles. The fraction of sp³-hybridized carbons (Fsp3) is 0.250. The zero-order chi connectivity index (χ0) is 27.8. The summed E-state index contributed by atoms with van der Waals surface area (Å²) in [6.07, 6.45) is -0.223. The molecule has 0 fully saturated rings. The lowest BCUT2D eigenvalue weighted by atomic mass is 10.2. The number of nitrogens with two attached hydrogens (primary N) is 1. The van der Waals surface area contributed by atoms with Gasteiger partial charge in [-0.2, -0.15) is 4.98 Å². The van der Waals surface area contributed by atoms with Gasteiger partial charge in [-0.25, -0.2) is 14.2 Å². The van der Waals surface area contributed by atoms with Crippen molar-refractivity contribution in [1.29, 1.82) is 0 Å². The number of halogens is 1. The lowest BCUT2D eigenvalue weighted by molar-refractivity contribution is 0.0154. The van der Waals surface area contributed by atoms with E-state index in [-0.39, 0.29) is 42.6 Å². The van der Waals surface area contributed by atoms with Crippen LogP contribution in [-0.2, 0) is 36.2 Å². The predicted molar refractivity (Wildman–Crippen MR) is 136 cm³/mol. The van der Waals surface area contributed by atoms with Crippen LogP contribution in [-0.4, -0.2) is 45.4 Å². The molecular weight excluding hydrogens is 536 g/mol. The molecule has 13 nitrogen and oxygen atoms in total. The van der Waals surface area contributed by atoms with E-state index in [0.717, 1.165) is 23.3 Å². The molecule has 0 bridgehead atoms. The zero-order valence-corrected chi connectivity index (χ0v) is 21.6. The minimum Gasteiger partial charge on any atom is -0.406 e. The van der Waals surface area contributed by atoms with E-state index in [4.69, 9.17) is 29.0 Å². The van der Waals surface area contributed by atoms with E-state index in [1.165, 1.54) is 18.5 Å². The maximum atomic E-state index is 13.4. The van der Waals surface area contributed by atoms with Gasteiger partial charge in [0.2, 0.25) is 12.7 Å². The SMILES string of the molecule is Cc1ccc(COP(=O)(COCCn2cnc3c(=O)[nH]c(N)nc32)OCOC(=O)Oc2ccc(F)cc2)cc1. The van der Waals surface area contributed by atoms with E-state index < -0.39 is 38.3 Å². The summed E-state index contributed by atoms with van der Waals surface area (Å²) < 4.78 is 54.0. The summed E-state index contributed by atoms with van der Waals surface area (Å²) in [5.74, 6) is -0.509. The van der Waals surface area contributed by atoms with Gasteiger partial charge in [0, 0.05) is 6.54 Å². The highest BCUT2D eigenvalue weighted by Gasteiger charge is 2.27. The minimum atomic E-state index is -3.93. The number of benzene rings is 2. The summed E-state index contributed by atoms with van der Waals surface area (Å²) in [4.78, 5) is 34.3. The Balaban J connectivity index is 1.33. The van der Waals surface area contributed by atoms with E-state index in [9.17, 15) is 18.5 Å². The molecule has 2 heterocycles. The number of H-pyrrole nitrogens is 1. The number of nitrogen functional groups attached to an aromatic ring is 1. The Morgan fingerprint density at radius 3 is 2.62 bits per heavy atom. The highest BCUT2D eigenvalue weighted by Crippen LogP contribution is 2.49. The lowest BCUT2D eigenvalue weighted by Gasteiger charge is -2.19. The molecule has 0 radical (unpaired) electrons. The van der Waals surface area contributed by atoms with Crippen LogP contribution in [0.15, 0.2) is 59.7 Å². The fourth-order valence-electron chi connectivity index (χ4n) is 3.23. The number of ether oxygens (including phenoxy) is 3. The molecule has 1 atom stereocenters. The van der Waals surface area contributed by atoms with Crippen LogP contribution in [0.1, 0.15) is 11.1 Å². The number of nitrogens with one attached hydrogen (secondary N) is 1. The molecule has 0 saturated carbocycles. The molecule has 206 valence electrons. The van der Waals surface area contributed by atoms with Gasteiger partial charge < -0.3 is 29.0 Å². The van der Waals surface area contributed by atoms with Crippen LogP contribution in [0.3, 0.4) is 0 Å². The van der Waals surface area contributed by atoms with Crippen molar-refractivity contribution < 1.29 is 37.0 Å². The quantitative estimate of drug-likeness (QED) is 0.0849. The van der Waals surface area contributed by atoms with Crippen LogP contribution < -0.4 is 16.0 Å². The number of carbonyl (C=O) groups excluding carboxylic acids is 1. The Bertz CT molecular complexity index is 1520. The van der Waals surface area contributed by atoms with Gasteiger partial charge in [0.05, 0.1) is 19.5 Å². The van der Waals surface area contributed by atoms with Crippen LogP contribution in [0, 0.1) is 12.7 Å². The maximum Gasteiger partial charge on any atom is 0.515 e. The molecule has 0 saturated heterocycles. The second kappa shape index (κ2) is 12.6. The van der Waals surface area contributed by atoms with Crippen LogP contribution in [0.2, 0.25) is 0 Å². The first-order valence-corrected chi connectivity index (χ1v) is 13.3. The first-order chi connectivity index (χ1) is 18.7. The third-order valence-electron chi connectivity index (χ3n) is 5.21. The Kier molecular flexibility index (Phi) is 9.04. The number of hydrogen-bond acceptors (Lipinski definition) is 11. The van der Waals surface area contributed by atoms with Gasteiger partial charge in [0.1, 0.15) is 17.9 Å².